The third-order valence-electron chi connectivity index (χ3n) is 10.1. The fourth-order valence-corrected chi connectivity index (χ4v) is 7.72. The molecule has 1 saturated heterocycles. The van der Waals surface area contributed by atoms with Crippen molar-refractivity contribution in [3.63, 3.8) is 0 Å². The van der Waals surface area contributed by atoms with Gasteiger partial charge in [-0.25, -0.2) is 9.86 Å². The summed E-state index contributed by atoms with van der Waals surface area (Å²) in [6, 6.07) is 14.6. The van der Waals surface area contributed by atoms with Crippen LogP contribution in [0.1, 0.15) is 82.3 Å². The number of aliphatic hydroxyl groups is 4. The molecule has 1 aliphatic heterocycles. The zero-order valence-electron chi connectivity index (χ0n) is 30.4. The summed E-state index contributed by atoms with van der Waals surface area (Å²) in [7, 11) is 0. The van der Waals surface area contributed by atoms with Gasteiger partial charge in [0, 0.05) is 52.9 Å². The molecule has 3 aliphatic rings. The first-order valence-electron chi connectivity index (χ1n) is 18.6. The molecule has 3 fully saturated rings. The fourth-order valence-electron chi connectivity index (χ4n) is 6.58. The lowest BCUT2D eigenvalue weighted by Crippen LogP contribution is -2.73. The van der Waals surface area contributed by atoms with Crippen molar-refractivity contribution < 1.29 is 44.7 Å². The van der Waals surface area contributed by atoms with Crippen LogP contribution in [0, 0.1) is 0 Å². The Kier molecular flexibility index (Phi) is 12.7. The Hall–Kier alpha value is -3.47. The highest BCUT2D eigenvalue weighted by atomic mass is 35.5. The summed E-state index contributed by atoms with van der Waals surface area (Å²) in [6.07, 6.45) is 10.6. The number of carbonyl (C=O) groups excluding carboxylic acids is 2. The van der Waals surface area contributed by atoms with Gasteiger partial charge in [-0.05, 0) is 92.2 Å². The molecule has 13 nitrogen and oxygen atoms in total. The van der Waals surface area contributed by atoms with Crippen LogP contribution in [0.25, 0.3) is 11.1 Å². The van der Waals surface area contributed by atoms with Crippen molar-refractivity contribution in [3.8, 4) is 16.9 Å². The van der Waals surface area contributed by atoms with Gasteiger partial charge in [-0.3, -0.25) is 24.8 Å². The van der Waals surface area contributed by atoms with Crippen molar-refractivity contribution in [1.29, 1.82) is 0 Å². The van der Waals surface area contributed by atoms with E-state index in [0.717, 1.165) is 71.4 Å². The topological polar surface area (TPSA) is 176 Å². The average Bonchev–Trinajstić information content (AvgIpc) is 4.10. The Morgan fingerprint density at radius 2 is 1.81 bits per heavy atom. The van der Waals surface area contributed by atoms with Crippen LogP contribution in [0.3, 0.4) is 0 Å². The summed E-state index contributed by atoms with van der Waals surface area (Å²) in [6.45, 7) is 1.35. The number of rotatable bonds is 20. The van der Waals surface area contributed by atoms with Crippen molar-refractivity contribution in [1.82, 2.24) is 19.8 Å². The maximum Gasteiger partial charge on any atom is 0.348 e. The molecule has 3 aromatic rings. The third kappa shape index (κ3) is 8.97. The Morgan fingerprint density at radius 1 is 1.04 bits per heavy atom. The van der Waals surface area contributed by atoms with Gasteiger partial charge in [0.25, 0.3) is 0 Å². The number of aromatic nitrogens is 1. The SMILES string of the molecule is CCCCCC(=O)N(CCCCSc1ccc(Cl)c(COC2(c3cnccc3-c3ccccc3OC3CC3)CC2)c1)C(O)(O)C(O)(O)N1CCN(O)C1=O. The Bertz CT molecular complexity index is 1790. The number of para-hydroxylation sites is 1. The second-order valence-corrected chi connectivity index (χ2v) is 15.7. The number of unbranched alkanes of at least 4 members (excludes halogenated alkanes) is 3. The summed E-state index contributed by atoms with van der Waals surface area (Å²) >= 11 is 8.21. The van der Waals surface area contributed by atoms with Gasteiger partial charge in [0.2, 0.25) is 5.91 Å². The average molecular weight is 785 g/mol. The zero-order chi connectivity index (χ0) is 38.5. The Balaban J connectivity index is 1.06. The normalized spacial score (nSPS) is 16.9. The van der Waals surface area contributed by atoms with Gasteiger partial charge < -0.3 is 29.9 Å². The minimum atomic E-state index is -3.58. The van der Waals surface area contributed by atoms with E-state index < -0.39 is 35.9 Å². The summed E-state index contributed by atoms with van der Waals surface area (Å²) in [5.41, 5.74) is 3.43. The van der Waals surface area contributed by atoms with E-state index in [0.29, 0.717) is 46.4 Å². The number of halogens is 1. The standard InChI is InChI=1S/C39H49ClN4O9S/c1-2-3-4-11-35(45)42(38(47,48)39(49,50)43-21-22-44(51)36(43)46)20-7-8-23-54-29-14-15-33(40)27(24-29)26-52-37(17-18-37)32-25-41-19-16-30(32)31-9-5-6-10-34(31)53-28-12-13-28/h5-6,9-10,14-16,19,24-25,28,47-51H,2-4,7-8,11-13,17-18,20-23,26H2,1H3. The quantitative estimate of drug-likeness (QED) is 0.0403. The molecular formula is C39H49ClN4O9S. The molecule has 3 amide bonds. The summed E-state index contributed by atoms with van der Waals surface area (Å²) in [4.78, 5) is 31.8. The molecule has 15 heteroatoms. The number of benzene rings is 2. The van der Waals surface area contributed by atoms with E-state index in [1.165, 1.54) is 0 Å². The molecule has 2 aromatic carbocycles. The van der Waals surface area contributed by atoms with Crippen molar-refractivity contribution in [2.45, 2.75) is 106 Å². The molecule has 0 atom stereocenters. The molecule has 6 rings (SSSR count). The van der Waals surface area contributed by atoms with Crippen molar-refractivity contribution in [2.75, 3.05) is 25.4 Å². The Labute approximate surface area is 324 Å². The zero-order valence-corrected chi connectivity index (χ0v) is 32.0. The lowest BCUT2D eigenvalue weighted by molar-refractivity contribution is -0.440. The van der Waals surface area contributed by atoms with Crippen LogP contribution >= 0.6 is 23.4 Å². The molecule has 0 spiro atoms. The minimum Gasteiger partial charge on any atom is -0.490 e. The predicted molar refractivity (Wildman–Crippen MR) is 201 cm³/mol. The van der Waals surface area contributed by atoms with Crippen molar-refractivity contribution in [3.05, 3.63) is 77.1 Å². The van der Waals surface area contributed by atoms with E-state index in [4.69, 9.17) is 21.1 Å². The van der Waals surface area contributed by atoms with Crippen molar-refractivity contribution in [2.24, 2.45) is 0 Å². The van der Waals surface area contributed by atoms with E-state index in [9.17, 15) is 35.2 Å². The Morgan fingerprint density at radius 3 is 2.52 bits per heavy atom. The minimum absolute atomic E-state index is 0.0528. The lowest BCUT2D eigenvalue weighted by Gasteiger charge is -2.45. The van der Waals surface area contributed by atoms with E-state index in [2.05, 4.69) is 11.1 Å². The molecular weight excluding hydrogens is 736 g/mol. The van der Waals surface area contributed by atoms with Crippen LogP contribution in [0.15, 0.2) is 65.8 Å². The first-order chi connectivity index (χ1) is 25.9. The van der Waals surface area contributed by atoms with Crippen molar-refractivity contribution >= 4 is 35.3 Å². The third-order valence-corrected chi connectivity index (χ3v) is 11.5. The van der Waals surface area contributed by atoms with Gasteiger partial charge >= 0.3 is 17.9 Å². The van der Waals surface area contributed by atoms with Gasteiger partial charge in [0.05, 0.1) is 24.9 Å². The molecule has 2 heterocycles. The molecule has 54 heavy (non-hydrogen) atoms. The van der Waals surface area contributed by atoms with Gasteiger partial charge in [-0.2, -0.15) is 0 Å². The van der Waals surface area contributed by atoms with Gasteiger partial charge in [-0.15, -0.1) is 11.8 Å². The monoisotopic (exact) mass is 784 g/mol. The number of thioether (sulfide) groups is 1. The number of hydrogen-bond acceptors (Lipinski definition) is 11. The van der Waals surface area contributed by atoms with Crippen LogP contribution in [0.5, 0.6) is 5.75 Å². The molecule has 5 N–H and O–H groups in total. The summed E-state index contributed by atoms with van der Waals surface area (Å²) < 4.78 is 12.9. The second kappa shape index (κ2) is 17.1. The number of hydroxylamine groups is 2. The number of ether oxygens (including phenoxy) is 2. The second-order valence-electron chi connectivity index (χ2n) is 14.2. The molecule has 0 bridgehead atoms. The number of hydrogen-bond donors (Lipinski definition) is 5. The van der Waals surface area contributed by atoms with Gasteiger partial charge in [-0.1, -0.05) is 49.6 Å². The van der Waals surface area contributed by atoms with E-state index >= 15 is 0 Å². The summed E-state index contributed by atoms with van der Waals surface area (Å²) in [5, 5.41) is 54.1. The molecule has 292 valence electrons. The van der Waals surface area contributed by atoms with Crippen LogP contribution in [0.2, 0.25) is 5.02 Å². The van der Waals surface area contributed by atoms with Crippen LogP contribution < -0.4 is 4.74 Å². The predicted octanol–water partition coefficient (Wildman–Crippen LogP) is 5.83. The molecule has 2 saturated carbocycles. The largest absolute Gasteiger partial charge is 0.490 e. The first kappa shape index (κ1) is 40.2. The maximum atomic E-state index is 13.2. The summed E-state index contributed by atoms with van der Waals surface area (Å²) in [5.74, 6) is -6.36. The number of pyridine rings is 1. The molecule has 0 radical (unpaired) electrons. The highest BCUT2D eigenvalue weighted by Gasteiger charge is 2.61. The molecule has 0 unspecified atom stereocenters. The lowest BCUT2D eigenvalue weighted by atomic mass is 9.96. The van der Waals surface area contributed by atoms with Gasteiger partial charge in [0.1, 0.15) is 5.75 Å². The fraction of sp³-hybridized carbons (Fsp3) is 0.513. The number of urea groups is 1. The first-order valence-corrected chi connectivity index (χ1v) is 20.0. The highest BCUT2D eigenvalue weighted by Crippen LogP contribution is 2.53. The van der Waals surface area contributed by atoms with Gasteiger partial charge in [0.15, 0.2) is 0 Å². The number of nitrogens with zero attached hydrogens (tertiary/aromatic N) is 4. The smallest absolute Gasteiger partial charge is 0.348 e. The maximum absolute atomic E-state index is 13.2. The van der Waals surface area contributed by atoms with Crippen LogP contribution in [0.4, 0.5) is 4.79 Å². The van der Waals surface area contributed by atoms with E-state index in [-0.39, 0.29) is 30.7 Å². The number of amides is 3. The number of carbonyl (C=O) groups is 2. The van der Waals surface area contributed by atoms with Crippen LogP contribution in [-0.2, 0) is 21.7 Å². The molecule has 2 aliphatic carbocycles. The van der Waals surface area contributed by atoms with E-state index in [1.54, 1.807) is 18.0 Å². The highest BCUT2D eigenvalue weighted by molar-refractivity contribution is 7.99. The van der Waals surface area contributed by atoms with E-state index in [1.807, 2.05) is 55.6 Å². The molecule has 1 aromatic heterocycles. The van der Waals surface area contributed by atoms with Crippen LogP contribution in [-0.4, -0.2) is 101 Å².